The van der Waals surface area contributed by atoms with Crippen LogP contribution in [0.5, 0.6) is 0 Å². The summed E-state index contributed by atoms with van der Waals surface area (Å²) in [5.41, 5.74) is -0.756. The van der Waals surface area contributed by atoms with Gasteiger partial charge in [-0.25, -0.2) is 9.78 Å². The number of carbonyl (C=O) groups excluding carboxylic acids is 1. The van der Waals surface area contributed by atoms with Crippen LogP contribution in [-0.2, 0) is 4.79 Å². The molecule has 1 aromatic heterocycles. The van der Waals surface area contributed by atoms with E-state index in [1.165, 1.54) is 0 Å². The van der Waals surface area contributed by atoms with E-state index in [1.807, 2.05) is 0 Å². The van der Waals surface area contributed by atoms with Crippen molar-refractivity contribution in [2.45, 2.75) is 19.8 Å². The number of hydrogen-bond acceptors (Lipinski definition) is 5. The van der Waals surface area contributed by atoms with Crippen molar-refractivity contribution in [3.8, 4) is 0 Å². The Morgan fingerprint density at radius 1 is 1.53 bits per heavy atom. The van der Waals surface area contributed by atoms with Crippen LogP contribution in [-0.4, -0.2) is 33.0 Å². The van der Waals surface area contributed by atoms with Gasteiger partial charge in [0.25, 0.3) is 0 Å². The third-order valence-electron chi connectivity index (χ3n) is 2.64. The molecule has 3 N–H and O–H groups in total. The molecule has 92 valence electrons. The van der Waals surface area contributed by atoms with Crippen molar-refractivity contribution < 1.29 is 14.7 Å². The summed E-state index contributed by atoms with van der Waals surface area (Å²) in [5, 5.41) is 14.4. The number of carbonyl (C=O) groups is 2. The van der Waals surface area contributed by atoms with E-state index < -0.39 is 17.4 Å². The number of aromatic nitrogens is 2. The molecule has 1 saturated carbocycles. The molecule has 1 aliphatic carbocycles. The van der Waals surface area contributed by atoms with Gasteiger partial charge in [-0.05, 0) is 19.8 Å². The molecule has 1 aliphatic rings. The summed E-state index contributed by atoms with van der Waals surface area (Å²) in [7, 11) is 0. The van der Waals surface area contributed by atoms with Crippen LogP contribution >= 0.6 is 11.5 Å². The number of rotatable bonds is 4. The first-order valence-corrected chi connectivity index (χ1v) is 5.88. The van der Waals surface area contributed by atoms with Crippen molar-refractivity contribution >= 4 is 28.7 Å². The molecule has 7 nitrogen and oxygen atoms in total. The van der Waals surface area contributed by atoms with Crippen LogP contribution in [0, 0.1) is 12.3 Å². The first-order valence-electron chi connectivity index (χ1n) is 5.10. The SMILES string of the molecule is Cc1nsc(NC(=O)NCC2(C(=O)O)CC2)n1. The Morgan fingerprint density at radius 3 is 2.71 bits per heavy atom. The van der Waals surface area contributed by atoms with Crippen molar-refractivity contribution in [3.05, 3.63) is 5.82 Å². The molecule has 1 fully saturated rings. The number of hydrogen-bond donors (Lipinski definition) is 3. The number of carboxylic acid groups (broad SMARTS) is 1. The van der Waals surface area contributed by atoms with Gasteiger partial charge in [0.2, 0.25) is 5.13 Å². The molecule has 0 bridgehead atoms. The normalized spacial score (nSPS) is 16.3. The highest BCUT2D eigenvalue weighted by Gasteiger charge is 2.50. The molecule has 1 aromatic rings. The molecule has 0 spiro atoms. The lowest BCUT2D eigenvalue weighted by Gasteiger charge is -2.10. The summed E-state index contributed by atoms with van der Waals surface area (Å²) in [6.07, 6.45) is 1.22. The van der Waals surface area contributed by atoms with E-state index in [0.29, 0.717) is 23.8 Å². The van der Waals surface area contributed by atoms with Gasteiger partial charge in [-0.1, -0.05) is 0 Å². The van der Waals surface area contributed by atoms with E-state index in [2.05, 4.69) is 20.0 Å². The quantitative estimate of drug-likeness (QED) is 0.740. The predicted molar refractivity (Wildman–Crippen MR) is 61.0 cm³/mol. The van der Waals surface area contributed by atoms with Gasteiger partial charge in [0, 0.05) is 18.1 Å². The van der Waals surface area contributed by atoms with Gasteiger partial charge >= 0.3 is 12.0 Å². The van der Waals surface area contributed by atoms with E-state index in [4.69, 9.17) is 5.11 Å². The molecule has 0 aliphatic heterocycles. The number of carboxylic acids is 1. The second-order valence-corrected chi connectivity index (χ2v) is 4.79. The number of nitrogens with one attached hydrogen (secondary N) is 2. The number of aliphatic carboxylic acids is 1. The summed E-state index contributed by atoms with van der Waals surface area (Å²) in [6, 6.07) is -0.450. The van der Waals surface area contributed by atoms with Gasteiger partial charge < -0.3 is 10.4 Å². The molecule has 0 atom stereocenters. The fourth-order valence-corrected chi connectivity index (χ4v) is 1.93. The van der Waals surface area contributed by atoms with Crippen LogP contribution in [0.4, 0.5) is 9.93 Å². The van der Waals surface area contributed by atoms with Crippen LogP contribution in [0.25, 0.3) is 0 Å². The summed E-state index contributed by atoms with van der Waals surface area (Å²) >= 11 is 1.08. The molecular weight excluding hydrogens is 244 g/mol. The number of anilines is 1. The minimum absolute atomic E-state index is 0.145. The molecule has 8 heteroatoms. The maximum Gasteiger partial charge on any atom is 0.321 e. The zero-order valence-electron chi connectivity index (χ0n) is 9.19. The molecule has 17 heavy (non-hydrogen) atoms. The smallest absolute Gasteiger partial charge is 0.321 e. The minimum atomic E-state index is -0.857. The van der Waals surface area contributed by atoms with Crippen molar-refractivity contribution in [1.82, 2.24) is 14.7 Å². The fourth-order valence-electron chi connectivity index (χ4n) is 1.36. The Bertz CT molecular complexity index is 455. The van der Waals surface area contributed by atoms with Gasteiger partial charge in [0.1, 0.15) is 5.82 Å². The highest BCUT2D eigenvalue weighted by Crippen LogP contribution is 2.45. The first-order chi connectivity index (χ1) is 8.02. The maximum atomic E-state index is 11.4. The number of aryl methyl sites for hydroxylation is 1. The van der Waals surface area contributed by atoms with Gasteiger partial charge in [0.15, 0.2) is 0 Å². The van der Waals surface area contributed by atoms with Crippen molar-refractivity contribution in [3.63, 3.8) is 0 Å². The lowest BCUT2D eigenvalue weighted by atomic mass is 10.1. The molecule has 0 unspecified atom stereocenters. The average molecular weight is 256 g/mol. The Morgan fingerprint density at radius 2 is 2.24 bits per heavy atom. The molecule has 2 rings (SSSR count). The molecule has 0 aromatic carbocycles. The van der Waals surface area contributed by atoms with Gasteiger partial charge in [-0.3, -0.25) is 10.1 Å². The second kappa shape index (κ2) is 4.28. The lowest BCUT2D eigenvalue weighted by Crippen LogP contribution is -2.36. The van der Waals surface area contributed by atoms with Crippen LogP contribution < -0.4 is 10.6 Å². The zero-order chi connectivity index (χ0) is 12.5. The number of amides is 2. The van der Waals surface area contributed by atoms with Gasteiger partial charge in [-0.2, -0.15) is 4.37 Å². The third kappa shape index (κ3) is 2.70. The minimum Gasteiger partial charge on any atom is -0.481 e. The van der Waals surface area contributed by atoms with Crippen LogP contribution in [0.15, 0.2) is 0 Å². The number of nitrogens with zero attached hydrogens (tertiary/aromatic N) is 2. The van der Waals surface area contributed by atoms with Gasteiger partial charge in [-0.15, -0.1) is 0 Å². The van der Waals surface area contributed by atoms with E-state index in [0.717, 1.165) is 11.5 Å². The standard InChI is InChI=1S/C9H12N4O3S/c1-5-11-8(17-13-5)12-7(16)10-4-9(2-3-9)6(14)15/h2-4H2,1H3,(H,14,15)(H2,10,11,12,13,16). The maximum absolute atomic E-state index is 11.4. The summed E-state index contributed by atoms with van der Waals surface area (Å²) in [5.74, 6) is -0.265. The Labute approximate surface area is 101 Å². The summed E-state index contributed by atoms with van der Waals surface area (Å²) < 4.78 is 3.91. The predicted octanol–water partition coefficient (Wildman–Crippen LogP) is 0.833. The molecule has 0 radical (unpaired) electrons. The second-order valence-electron chi connectivity index (χ2n) is 4.04. The van der Waals surface area contributed by atoms with E-state index in [9.17, 15) is 9.59 Å². The topological polar surface area (TPSA) is 104 Å². The molecule has 0 saturated heterocycles. The Balaban J connectivity index is 1.80. The Hall–Kier alpha value is -1.70. The van der Waals surface area contributed by atoms with Crippen LogP contribution in [0.2, 0.25) is 0 Å². The molecule has 1 heterocycles. The largest absolute Gasteiger partial charge is 0.481 e. The van der Waals surface area contributed by atoms with E-state index >= 15 is 0 Å². The highest BCUT2D eigenvalue weighted by atomic mass is 32.1. The fraction of sp³-hybridized carbons (Fsp3) is 0.556. The molecular formula is C9H12N4O3S. The van der Waals surface area contributed by atoms with Crippen LogP contribution in [0.1, 0.15) is 18.7 Å². The highest BCUT2D eigenvalue weighted by molar-refractivity contribution is 7.09. The zero-order valence-corrected chi connectivity index (χ0v) is 10.0. The summed E-state index contributed by atoms with van der Waals surface area (Å²) in [4.78, 5) is 26.3. The lowest BCUT2D eigenvalue weighted by molar-refractivity contribution is -0.143. The van der Waals surface area contributed by atoms with E-state index in [-0.39, 0.29) is 6.54 Å². The average Bonchev–Trinajstić information content (AvgIpc) is 2.96. The Kier molecular flexibility index (Phi) is 2.97. The number of urea groups is 1. The first kappa shape index (κ1) is 11.8. The molecule has 2 amide bonds. The van der Waals surface area contributed by atoms with Crippen molar-refractivity contribution in [2.24, 2.45) is 5.41 Å². The van der Waals surface area contributed by atoms with Crippen molar-refractivity contribution in [1.29, 1.82) is 0 Å². The van der Waals surface area contributed by atoms with E-state index in [1.54, 1.807) is 6.92 Å². The summed E-state index contributed by atoms with van der Waals surface area (Å²) in [6.45, 7) is 1.87. The third-order valence-corrected chi connectivity index (χ3v) is 3.36. The van der Waals surface area contributed by atoms with Crippen LogP contribution in [0.3, 0.4) is 0 Å². The van der Waals surface area contributed by atoms with Crippen molar-refractivity contribution in [2.75, 3.05) is 11.9 Å². The monoisotopic (exact) mass is 256 g/mol. The van der Waals surface area contributed by atoms with Gasteiger partial charge in [0.05, 0.1) is 5.41 Å².